The van der Waals surface area contributed by atoms with Crippen LogP contribution in [0.4, 0.5) is 0 Å². The second-order valence-electron chi connectivity index (χ2n) is 12.7. The molecule has 0 aromatic heterocycles. The average Bonchev–Trinajstić information content (AvgIpc) is 2.89. The van der Waals surface area contributed by atoms with Gasteiger partial charge in [0.2, 0.25) is 0 Å². The second-order valence-corrected chi connectivity index (χ2v) is 14.1. The third-order valence-corrected chi connectivity index (χ3v) is 12.9. The third-order valence-electron chi connectivity index (χ3n) is 11.4. The molecular formula is C30H48Cl2O3. The Morgan fingerprint density at radius 2 is 0.914 bits per heavy atom. The summed E-state index contributed by atoms with van der Waals surface area (Å²) in [6, 6.07) is 0. The molecule has 2 spiro atoms. The van der Waals surface area contributed by atoms with Gasteiger partial charge in [0.25, 0.3) is 0 Å². The first-order valence-electron chi connectivity index (χ1n) is 15.0. The number of ether oxygens (including phenoxy) is 2. The Balaban J connectivity index is 1.14. The number of alkyl halides is 2. The van der Waals surface area contributed by atoms with Gasteiger partial charge in [-0.15, -0.1) is 0 Å². The Hall–Kier alpha value is 0.170. The molecule has 5 saturated carbocycles. The Labute approximate surface area is 223 Å². The summed E-state index contributed by atoms with van der Waals surface area (Å²) in [5.41, 5.74) is -0.949. The van der Waals surface area contributed by atoms with Crippen molar-refractivity contribution in [3.63, 3.8) is 0 Å². The zero-order valence-corrected chi connectivity index (χ0v) is 23.7. The molecule has 0 aromatic carbocycles. The van der Waals surface area contributed by atoms with Gasteiger partial charge >= 0.3 is 0 Å². The first-order chi connectivity index (χ1) is 16.9. The Kier molecular flexibility index (Phi) is 8.21. The minimum atomic E-state index is -0.869. The van der Waals surface area contributed by atoms with Gasteiger partial charge in [0.05, 0.1) is 23.0 Å². The largest absolute Gasteiger partial charge is 0.379 e. The summed E-state index contributed by atoms with van der Waals surface area (Å²) in [4.78, 5) is 13.9. The van der Waals surface area contributed by atoms with Gasteiger partial charge in [0.1, 0.15) is 4.33 Å². The number of hydrogen-bond donors (Lipinski definition) is 0. The second kappa shape index (κ2) is 10.7. The van der Waals surface area contributed by atoms with Crippen molar-refractivity contribution >= 4 is 29.0 Å². The van der Waals surface area contributed by atoms with Crippen LogP contribution in [0.1, 0.15) is 117 Å². The highest BCUT2D eigenvalue weighted by Gasteiger charge is 2.79. The molecule has 5 aliphatic rings. The van der Waals surface area contributed by atoms with E-state index in [2.05, 4.69) is 13.8 Å². The molecule has 5 fully saturated rings. The zero-order chi connectivity index (χ0) is 24.7. The van der Waals surface area contributed by atoms with Crippen LogP contribution in [0.2, 0.25) is 0 Å². The van der Waals surface area contributed by atoms with Crippen molar-refractivity contribution < 1.29 is 14.3 Å². The molecule has 0 saturated heterocycles. The fourth-order valence-corrected chi connectivity index (χ4v) is 10.5. The molecule has 0 aliphatic heterocycles. The normalized spacial score (nSPS) is 46.0. The van der Waals surface area contributed by atoms with E-state index < -0.39 is 15.2 Å². The summed E-state index contributed by atoms with van der Waals surface area (Å²) >= 11 is 14.5. The predicted octanol–water partition coefficient (Wildman–Crippen LogP) is 8.29. The van der Waals surface area contributed by atoms with Crippen LogP contribution in [0, 0.1) is 34.5 Å². The van der Waals surface area contributed by atoms with Crippen molar-refractivity contribution in [1.82, 2.24) is 0 Å². The highest BCUT2D eigenvalue weighted by Crippen LogP contribution is 2.75. The SMILES string of the molecule is CCO[C@H]1CC[C@H](C2CCC3(CC2)C(=O)C2(CCC([C@H]4CC[C@H](OCC)CC4)CC2)C3(Cl)Cl)CC1. The summed E-state index contributed by atoms with van der Waals surface area (Å²) < 4.78 is 10.8. The molecule has 0 aromatic rings. The molecule has 0 heterocycles. The van der Waals surface area contributed by atoms with Crippen LogP contribution in [0.3, 0.4) is 0 Å². The maximum Gasteiger partial charge on any atom is 0.151 e. The molecule has 5 aliphatic carbocycles. The highest BCUT2D eigenvalue weighted by atomic mass is 35.5. The minimum absolute atomic E-state index is 0.437. The van der Waals surface area contributed by atoms with Gasteiger partial charge in [-0.25, -0.2) is 0 Å². The molecule has 0 radical (unpaired) electrons. The quantitative estimate of drug-likeness (QED) is 0.326. The van der Waals surface area contributed by atoms with Crippen LogP contribution < -0.4 is 0 Å². The molecule has 0 unspecified atom stereocenters. The zero-order valence-electron chi connectivity index (χ0n) is 22.2. The van der Waals surface area contributed by atoms with Gasteiger partial charge in [-0.3, -0.25) is 4.79 Å². The van der Waals surface area contributed by atoms with Crippen molar-refractivity contribution in [2.45, 2.75) is 133 Å². The van der Waals surface area contributed by atoms with Gasteiger partial charge in [0.15, 0.2) is 5.78 Å². The Morgan fingerprint density at radius 3 is 1.20 bits per heavy atom. The van der Waals surface area contributed by atoms with Gasteiger partial charge in [-0.05, 0) is 140 Å². The molecule has 0 N–H and O–H groups in total. The van der Waals surface area contributed by atoms with Gasteiger partial charge in [-0.2, -0.15) is 0 Å². The fourth-order valence-electron chi connectivity index (χ4n) is 9.35. The molecule has 200 valence electrons. The lowest BCUT2D eigenvalue weighted by atomic mass is 9.41. The number of halogens is 2. The van der Waals surface area contributed by atoms with E-state index in [1.54, 1.807) is 0 Å². The third kappa shape index (κ3) is 4.55. The first-order valence-corrected chi connectivity index (χ1v) is 15.8. The lowest BCUT2D eigenvalue weighted by molar-refractivity contribution is -0.173. The average molecular weight is 528 g/mol. The monoisotopic (exact) mass is 526 g/mol. The van der Waals surface area contributed by atoms with Crippen LogP contribution in [0.5, 0.6) is 0 Å². The molecule has 5 rings (SSSR count). The molecule has 5 heteroatoms. The van der Waals surface area contributed by atoms with Crippen molar-refractivity contribution in [2.75, 3.05) is 13.2 Å². The number of carbonyl (C=O) groups excluding carboxylic acids is 1. The molecule has 0 amide bonds. The molecule has 3 nitrogen and oxygen atoms in total. The van der Waals surface area contributed by atoms with E-state index in [1.165, 1.54) is 51.4 Å². The molecular weight excluding hydrogens is 479 g/mol. The van der Waals surface area contributed by atoms with Crippen molar-refractivity contribution in [1.29, 1.82) is 0 Å². The van der Waals surface area contributed by atoms with Crippen LogP contribution in [0.25, 0.3) is 0 Å². The van der Waals surface area contributed by atoms with Crippen molar-refractivity contribution in [3.8, 4) is 0 Å². The van der Waals surface area contributed by atoms with E-state index in [4.69, 9.17) is 32.7 Å². The summed E-state index contributed by atoms with van der Waals surface area (Å²) in [7, 11) is 0. The first kappa shape index (κ1) is 26.8. The lowest BCUT2D eigenvalue weighted by Gasteiger charge is -2.67. The van der Waals surface area contributed by atoms with Crippen LogP contribution in [-0.4, -0.2) is 35.5 Å². The maximum absolute atomic E-state index is 13.9. The van der Waals surface area contributed by atoms with E-state index in [0.29, 0.717) is 18.0 Å². The minimum Gasteiger partial charge on any atom is -0.379 e. The van der Waals surface area contributed by atoms with E-state index >= 15 is 0 Å². The maximum atomic E-state index is 13.9. The highest BCUT2D eigenvalue weighted by molar-refractivity contribution is 6.55. The van der Waals surface area contributed by atoms with Crippen LogP contribution in [0.15, 0.2) is 0 Å². The number of ketones is 1. The topological polar surface area (TPSA) is 35.5 Å². The smallest absolute Gasteiger partial charge is 0.151 e. The summed E-state index contributed by atoms with van der Waals surface area (Å²) in [5.74, 6) is 3.49. The number of Topliss-reactive ketones (excluding diaryl/α,β-unsaturated/α-hetero) is 1. The number of carbonyl (C=O) groups is 1. The fraction of sp³-hybridized carbons (Fsp3) is 0.967. The molecule has 0 bridgehead atoms. The van der Waals surface area contributed by atoms with Gasteiger partial charge < -0.3 is 9.47 Å². The van der Waals surface area contributed by atoms with Crippen molar-refractivity contribution in [3.05, 3.63) is 0 Å². The Bertz CT molecular complexity index is 662. The molecule has 35 heavy (non-hydrogen) atoms. The lowest BCUT2D eigenvalue weighted by Crippen LogP contribution is -2.74. The van der Waals surface area contributed by atoms with Crippen LogP contribution >= 0.6 is 23.2 Å². The summed E-state index contributed by atoms with van der Waals surface area (Å²) in [6.45, 7) is 5.85. The van der Waals surface area contributed by atoms with E-state index in [1.807, 2.05) is 0 Å². The van der Waals surface area contributed by atoms with E-state index in [0.717, 1.165) is 88.3 Å². The van der Waals surface area contributed by atoms with E-state index in [9.17, 15) is 4.79 Å². The predicted molar refractivity (Wildman–Crippen MR) is 143 cm³/mol. The van der Waals surface area contributed by atoms with E-state index in [-0.39, 0.29) is 0 Å². The summed E-state index contributed by atoms with van der Waals surface area (Å²) in [5, 5.41) is 0. The standard InChI is InChI=1S/C30H48Cl2O3/c1-3-34-25-9-5-21(6-10-25)23-13-17-28(18-14-23)27(33)29(30(28,31)32)19-15-24(16-20-29)22-7-11-26(12-8-22)35-4-2/h21-26H,3-20H2,1-2H3/t21-,22-,23?,24?,25-,26-,28?,29?. The van der Waals surface area contributed by atoms with Gasteiger partial charge in [0, 0.05) is 13.2 Å². The summed E-state index contributed by atoms with van der Waals surface area (Å²) in [6.07, 6.45) is 19.0. The Morgan fingerprint density at radius 1 is 0.600 bits per heavy atom. The van der Waals surface area contributed by atoms with Gasteiger partial charge in [-0.1, -0.05) is 23.2 Å². The molecule has 0 atom stereocenters. The number of hydrogen-bond acceptors (Lipinski definition) is 3. The van der Waals surface area contributed by atoms with Crippen molar-refractivity contribution in [2.24, 2.45) is 34.5 Å². The number of rotatable bonds is 6. The van der Waals surface area contributed by atoms with Crippen LogP contribution in [-0.2, 0) is 14.3 Å².